The molecule has 0 bridgehead atoms. The standard InChI is InChI=1S/C16H17N7O2S/c24-13-12(9-19-16-23(13)7-8-26-16)21-15(25)20-11-3-1-6-22(10-11)14-17-4-2-5-18-14/h2,4-5,7-9,11H,1,3,6,10H2,(H2,20,21,25)/t11-/m1/s1. The molecule has 134 valence electrons. The topological polar surface area (TPSA) is 105 Å². The van der Waals surface area contributed by atoms with E-state index in [-0.39, 0.29) is 17.3 Å². The highest BCUT2D eigenvalue weighted by Gasteiger charge is 2.23. The van der Waals surface area contributed by atoms with Gasteiger partial charge in [0.15, 0.2) is 4.96 Å². The number of urea groups is 1. The van der Waals surface area contributed by atoms with E-state index in [9.17, 15) is 9.59 Å². The van der Waals surface area contributed by atoms with Crippen LogP contribution in [0.15, 0.2) is 41.0 Å². The van der Waals surface area contributed by atoms with Gasteiger partial charge in [-0.1, -0.05) is 0 Å². The maximum Gasteiger partial charge on any atom is 0.319 e. The van der Waals surface area contributed by atoms with Crippen LogP contribution in [0.5, 0.6) is 0 Å². The lowest BCUT2D eigenvalue weighted by molar-refractivity contribution is 0.246. The van der Waals surface area contributed by atoms with Crippen molar-refractivity contribution in [1.29, 1.82) is 0 Å². The Bertz CT molecular complexity index is 971. The third kappa shape index (κ3) is 3.36. The van der Waals surface area contributed by atoms with Crippen LogP contribution in [0.25, 0.3) is 4.96 Å². The first-order valence-electron chi connectivity index (χ1n) is 8.25. The average Bonchev–Trinajstić information content (AvgIpc) is 3.15. The van der Waals surface area contributed by atoms with Crippen molar-refractivity contribution in [3.05, 3.63) is 46.6 Å². The van der Waals surface area contributed by atoms with Gasteiger partial charge in [0.2, 0.25) is 5.95 Å². The molecule has 0 spiro atoms. The summed E-state index contributed by atoms with van der Waals surface area (Å²) in [5.74, 6) is 0.657. The lowest BCUT2D eigenvalue weighted by Gasteiger charge is -2.33. The molecule has 3 aromatic heterocycles. The molecule has 10 heteroatoms. The van der Waals surface area contributed by atoms with Crippen molar-refractivity contribution in [2.24, 2.45) is 0 Å². The van der Waals surface area contributed by atoms with E-state index in [2.05, 4.69) is 25.6 Å². The van der Waals surface area contributed by atoms with Gasteiger partial charge in [0.05, 0.1) is 6.20 Å². The number of nitrogens with one attached hydrogen (secondary N) is 2. The molecular weight excluding hydrogens is 354 g/mol. The Morgan fingerprint density at radius 1 is 1.27 bits per heavy atom. The van der Waals surface area contributed by atoms with Gasteiger partial charge in [-0.3, -0.25) is 9.20 Å². The molecule has 3 aromatic rings. The zero-order valence-corrected chi connectivity index (χ0v) is 14.6. The van der Waals surface area contributed by atoms with Crippen LogP contribution < -0.4 is 21.1 Å². The number of hydrogen-bond donors (Lipinski definition) is 2. The number of rotatable bonds is 3. The summed E-state index contributed by atoms with van der Waals surface area (Å²) >= 11 is 1.36. The minimum Gasteiger partial charge on any atom is -0.339 e. The van der Waals surface area contributed by atoms with Crippen molar-refractivity contribution in [3.8, 4) is 0 Å². The van der Waals surface area contributed by atoms with Gasteiger partial charge in [-0.15, -0.1) is 11.3 Å². The number of anilines is 2. The molecule has 2 amide bonds. The van der Waals surface area contributed by atoms with Crippen molar-refractivity contribution in [3.63, 3.8) is 0 Å². The van der Waals surface area contributed by atoms with Gasteiger partial charge in [0.1, 0.15) is 5.69 Å². The van der Waals surface area contributed by atoms with Crippen molar-refractivity contribution in [2.75, 3.05) is 23.3 Å². The summed E-state index contributed by atoms with van der Waals surface area (Å²) in [6, 6.07) is 1.31. The smallest absolute Gasteiger partial charge is 0.319 e. The van der Waals surface area contributed by atoms with Gasteiger partial charge in [-0.05, 0) is 18.9 Å². The number of aromatic nitrogens is 4. The minimum absolute atomic E-state index is 0.0480. The number of nitrogens with zero attached hydrogens (tertiary/aromatic N) is 5. The molecule has 4 rings (SSSR count). The highest BCUT2D eigenvalue weighted by atomic mass is 32.1. The highest BCUT2D eigenvalue weighted by Crippen LogP contribution is 2.15. The van der Waals surface area contributed by atoms with Crippen LogP contribution in [0.1, 0.15) is 12.8 Å². The van der Waals surface area contributed by atoms with E-state index in [0.29, 0.717) is 17.5 Å². The Morgan fingerprint density at radius 3 is 2.96 bits per heavy atom. The molecule has 1 aliphatic heterocycles. The molecule has 0 saturated carbocycles. The van der Waals surface area contributed by atoms with Crippen molar-refractivity contribution in [2.45, 2.75) is 18.9 Å². The minimum atomic E-state index is -0.417. The lowest BCUT2D eigenvalue weighted by atomic mass is 10.1. The van der Waals surface area contributed by atoms with E-state index >= 15 is 0 Å². The fraction of sp³-hybridized carbons (Fsp3) is 0.312. The van der Waals surface area contributed by atoms with Crippen molar-refractivity contribution >= 4 is 34.0 Å². The predicted molar refractivity (Wildman–Crippen MR) is 98.8 cm³/mol. The number of hydrogen-bond acceptors (Lipinski definition) is 7. The van der Waals surface area contributed by atoms with Crippen LogP contribution in [0.4, 0.5) is 16.4 Å². The lowest BCUT2D eigenvalue weighted by Crippen LogP contribution is -2.49. The fourth-order valence-corrected chi connectivity index (χ4v) is 3.66. The van der Waals surface area contributed by atoms with E-state index in [4.69, 9.17) is 0 Å². The number of fused-ring (bicyclic) bond motifs is 1. The molecule has 4 heterocycles. The largest absolute Gasteiger partial charge is 0.339 e. The molecule has 1 fully saturated rings. The molecule has 1 saturated heterocycles. The molecule has 9 nitrogen and oxygen atoms in total. The third-order valence-electron chi connectivity index (χ3n) is 4.18. The van der Waals surface area contributed by atoms with E-state index in [1.165, 1.54) is 21.9 Å². The zero-order chi connectivity index (χ0) is 17.9. The molecule has 0 aromatic carbocycles. The second-order valence-corrected chi connectivity index (χ2v) is 6.84. The summed E-state index contributed by atoms with van der Waals surface area (Å²) in [6.45, 7) is 1.47. The number of carbonyl (C=O) groups is 1. The van der Waals surface area contributed by atoms with Crippen LogP contribution in [-0.2, 0) is 0 Å². The summed E-state index contributed by atoms with van der Waals surface area (Å²) in [6.07, 6.45) is 8.21. The summed E-state index contributed by atoms with van der Waals surface area (Å²) < 4.78 is 1.41. The van der Waals surface area contributed by atoms with Gasteiger partial charge in [-0.2, -0.15) is 0 Å². The monoisotopic (exact) mass is 371 g/mol. The average molecular weight is 371 g/mol. The third-order valence-corrected chi connectivity index (χ3v) is 4.95. The summed E-state index contributed by atoms with van der Waals surface area (Å²) in [7, 11) is 0. The predicted octanol–water partition coefficient (Wildman–Crippen LogP) is 1.34. The SMILES string of the molecule is O=C(Nc1cnc2sccn2c1=O)N[C@@H]1CCCN(c2ncccn2)C1. The molecule has 1 aliphatic rings. The molecule has 2 N–H and O–H groups in total. The van der Waals surface area contributed by atoms with E-state index in [0.717, 1.165) is 19.4 Å². The van der Waals surface area contributed by atoms with Crippen LogP contribution in [0.2, 0.25) is 0 Å². The van der Waals surface area contributed by atoms with Crippen LogP contribution in [0, 0.1) is 0 Å². The number of piperidine rings is 1. The van der Waals surface area contributed by atoms with Crippen LogP contribution in [-0.4, -0.2) is 44.5 Å². The van der Waals surface area contributed by atoms with Crippen molar-refractivity contribution < 1.29 is 4.79 Å². The zero-order valence-electron chi connectivity index (χ0n) is 13.8. The Balaban J connectivity index is 1.41. The highest BCUT2D eigenvalue weighted by molar-refractivity contribution is 7.15. The van der Waals surface area contributed by atoms with Crippen molar-refractivity contribution in [1.82, 2.24) is 24.7 Å². The van der Waals surface area contributed by atoms with Crippen LogP contribution in [0.3, 0.4) is 0 Å². The second kappa shape index (κ2) is 7.08. The summed E-state index contributed by atoms with van der Waals surface area (Å²) in [4.78, 5) is 39.9. The molecule has 26 heavy (non-hydrogen) atoms. The Morgan fingerprint density at radius 2 is 2.12 bits per heavy atom. The van der Waals surface area contributed by atoms with Gasteiger partial charge in [0, 0.05) is 43.1 Å². The molecule has 0 aliphatic carbocycles. The Kier molecular flexibility index (Phi) is 4.48. The second-order valence-electron chi connectivity index (χ2n) is 5.97. The van der Waals surface area contributed by atoms with E-state index in [1.54, 1.807) is 30.0 Å². The Labute approximate surface area is 152 Å². The number of amides is 2. The first kappa shape index (κ1) is 16.5. The Hall–Kier alpha value is -3.01. The first-order valence-corrected chi connectivity index (χ1v) is 9.13. The summed E-state index contributed by atoms with van der Waals surface area (Å²) in [5, 5.41) is 7.29. The van der Waals surface area contributed by atoms with Gasteiger partial charge < -0.3 is 15.5 Å². The van der Waals surface area contributed by atoms with Gasteiger partial charge in [0.25, 0.3) is 5.56 Å². The fourth-order valence-electron chi connectivity index (χ4n) is 2.99. The summed E-state index contributed by atoms with van der Waals surface area (Å²) in [5.41, 5.74) is -0.146. The maximum absolute atomic E-state index is 12.3. The number of carbonyl (C=O) groups excluding carboxylic acids is 1. The van der Waals surface area contributed by atoms with Gasteiger partial charge >= 0.3 is 6.03 Å². The molecule has 1 atom stereocenters. The maximum atomic E-state index is 12.3. The van der Waals surface area contributed by atoms with E-state index in [1.807, 2.05) is 4.90 Å². The molecular formula is C16H17N7O2S. The quantitative estimate of drug-likeness (QED) is 0.720. The molecule has 0 unspecified atom stereocenters. The number of thiazole rings is 1. The first-order chi connectivity index (χ1) is 12.7. The van der Waals surface area contributed by atoms with E-state index < -0.39 is 6.03 Å². The van der Waals surface area contributed by atoms with Gasteiger partial charge in [-0.25, -0.2) is 19.7 Å². The molecule has 0 radical (unpaired) electrons. The normalized spacial score (nSPS) is 17.2. The van der Waals surface area contributed by atoms with Crippen LogP contribution >= 0.6 is 11.3 Å².